The fourth-order valence-electron chi connectivity index (χ4n) is 2.94. The Labute approximate surface area is 184 Å². The number of aryl methyl sites for hydroxylation is 1. The van der Waals surface area contributed by atoms with Gasteiger partial charge >= 0.3 is 0 Å². The summed E-state index contributed by atoms with van der Waals surface area (Å²) in [4.78, 5) is 24.8. The van der Waals surface area contributed by atoms with Gasteiger partial charge in [-0.15, -0.1) is 0 Å². The lowest BCUT2D eigenvalue weighted by Gasteiger charge is -2.12. The molecule has 0 saturated carbocycles. The lowest BCUT2D eigenvalue weighted by Crippen LogP contribution is -2.29. The highest BCUT2D eigenvalue weighted by Gasteiger charge is 2.13. The Balaban J connectivity index is 1.58. The molecule has 0 aliphatic carbocycles. The van der Waals surface area contributed by atoms with Crippen molar-refractivity contribution in [3.8, 4) is 5.75 Å². The second kappa shape index (κ2) is 9.75. The van der Waals surface area contributed by atoms with E-state index in [1.807, 2.05) is 0 Å². The van der Waals surface area contributed by atoms with E-state index >= 15 is 0 Å². The zero-order valence-electron chi connectivity index (χ0n) is 17.2. The number of carbonyl (C=O) groups excluding carboxylic acids is 1. The molecule has 0 aliphatic heterocycles. The van der Waals surface area contributed by atoms with Crippen molar-refractivity contribution in [2.45, 2.75) is 17.9 Å². The topological polar surface area (TPSA) is 120 Å². The maximum Gasteiger partial charge on any atom is 0.268 e. The van der Waals surface area contributed by atoms with Gasteiger partial charge in [-0.05, 0) is 41.8 Å². The molecule has 32 heavy (non-hydrogen) atoms. The van der Waals surface area contributed by atoms with E-state index in [-0.39, 0.29) is 35.3 Å². The first-order chi connectivity index (χ1) is 15.1. The summed E-state index contributed by atoms with van der Waals surface area (Å²) >= 11 is 0. The molecule has 0 spiro atoms. The van der Waals surface area contributed by atoms with E-state index in [4.69, 9.17) is 9.88 Å². The number of benzene rings is 2. The summed E-state index contributed by atoms with van der Waals surface area (Å²) in [6.07, 6.45) is 1.89. The van der Waals surface area contributed by atoms with Crippen molar-refractivity contribution in [2.24, 2.45) is 12.2 Å². The molecule has 0 saturated heterocycles. The van der Waals surface area contributed by atoms with E-state index in [1.54, 1.807) is 31.3 Å². The van der Waals surface area contributed by atoms with Gasteiger partial charge in [-0.25, -0.2) is 17.9 Å². The molecule has 0 atom stereocenters. The van der Waals surface area contributed by atoms with E-state index in [2.05, 4.69) is 5.32 Å². The Bertz CT molecular complexity index is 1270. The summed E-state index contributed by atoms with van der Waals surface area (Å²) in [6, 6.07) is 13.0. The van der Waals surface area contributed by atoms with Crippen molar-refractivity contribution in [1.29, 1.82) is 0 Å². The smallest absolute Gasteiger partial charge is 0.268 e. The molecule has 1 amide bonds. The van der Waals surface area contributed by atoms with Crippen LogP contribution in [0.5, 0.6) is 5.75 Å². The number of amides is 1. The number of nitrogens with zero attached hydrogens (tertiary/aromatic N) is 1. The van der Waals surface area contributed by atoms with Crippen molar-refractivity contribution >= 4 is 15.9 Å². The van der Waals surface area contributed by atoms with Gasteiger partial charge in [-0.2, -0.15) is 0 Å². The van der Waals surface area contributed by atoms with Crippen LogP contribution in [0.4, 0.5) is 4.39 Å². The van der Waals surface area contributed by atoms with Crippen LogP contribution in [0.2, 0.25) is 0 Å². The minimum atomic E-state index is -3.75. The molecule has 0 bridgehead atoms. The number of carbonyl (C=O) groups is 1. The van der Waals surface area contributed by atoms with Crippen LogP contribution >= 0.6 is 0 Å². The third kappa shape index (κ3) is 6.02. The van der Waals surface area contributed by atoms with Crippen molar-refractivity contribution in [3.05, 3.63) is 93.7 Å². The molecular weight excluding hydrogens is 437 g/mol. The van der Waals surface area contributed by atoms with Crippen molar-refractivity contribution in [2.75, 3.05) is 6.54 Å². The highest BCUT2D eigenvalue weighted by molar-refractivity contribution is 7.89. The highest BCUT2D eigenvalue weighted by Crippen LogP contribution is 2.11. The van der Waals surface area contributed by atoms with Crippen molar-refractivity contribution in [1.82, 2.24) is 9.88 Å². The molecule has 168 valence electrons. The Kier molecular flexibility index (Phi) is 7.06. The van der Waals surface area contributed by atoms with Crippen LogP contribution < -0.4 is 20.6 Å². The summed E-state index contributed by atoms with van der Waals surface area (Å²) < 4.78 is 42.5. The van der Waals surface area contributed by atoms with Gasteiger partial charge in [0.2, 0.25) is 15.5 Å². The summed E-state index contributed by atoms with van der Waals surface area (Å²) in [5.41, 5.74) is 1.23. The minimum Gasteiger partial charge on any atom is -0.483 e. The highest BCUT2D eigenvalue weighted by atomic mass is 32.2. The van der Waals surface area contributed by atoms with E-state index in [9.17, 15) is 22.4 Å². The quantitative estimate of drug-likeness (QED) is 0.531. The normalized spacial score (nSPS) is 11.2. The molecule has 0 radical (unpaired) electrons. The predicted molar refractivity (Wildman–Crippen MR) is 116 cm³/mol. The van der Waals surface area contributed by atoms with Gasteiger partial charge in [0, 0.05) is 19.7 Å². The standard InChI is InChI=1S/C22H22FN3O5S/c1-26-13-21(31-14-16-2-6-17(23)7-3-16)20(27)12-19(26)22(28)25-11-10-15-4-8-18(9-5-15)32(24,29)30/h2-9,12-13H,10-11,14H2,1H3,(H,25,28)(H2,24,29,30). The maximum absolute atomic E-state index is 13.0. The first kappa shape index (κ1) is 23.2. The second-order valence-corrected chi connectivity index (χ2v) is 8.67. The summed E-state index contributed by atoms with van der Waals surface area (Å²) in [7, 11) is -2.14. The van der Waals surface area contributed by atoms with Gasteiger partial charge in [0.1, 0.15) is 18.1 Å². The number of hydrogen-bond acceptors (Lipinski definition) is 5. The van der Waals surface area contributed by atoms with Crippen LogP contribution in [-0.2, 0) is 30.1 Å². The largest absolute Gasteiger partial charge is 0.483 e. The number of nitrogens with two attached hydrogens (primary N) is 1. The fraction of sp³-hybridized carbons (Fsp3) is 0.182. The molecule has 1 heterocycles. The molecule has 0 unspecified atom stereocenters. The number of nitrogens with one attached hydrogen (secondary N) is 1. The second-order valence-electron chi connectivity index (χ2n) is 7.11. The Morgan fingerprint density at radius 2 is 1.72 bits per heavy atom. The molecule has 0 aliphatic rings. The molecule has 3 aromatic rings. The first-order valence-corrected chi connectivity index (χ1v) is 11.2. The van der Waals surface area contributed by atoms with Gasteiger partial charge in [0.05, 0.1) is 11.1 Å². The third-order valence-electron chi connectivity index (χ3n) is 4.69. The van der Waals surface area contributed by atoms with Crippen LogP contribution in [0.3, 0.4) is 0 Å². The average molecular weight is 459 g/mol. The zero-order valence-corrected chi connectivity index (χ0v) is 18.1. The Hall–Kier alpha value is -3.50. The Morgan fingerprint density at radius 1 is 1.09 bits per heavy atom. The van der Waals surface area contributed by atoms with Gasteiger partial charge in [-0.3, -0.25) is 9.59 Å². The van der Waals surface area contributed by atoms with Crippen LogP contribution in [0.15, 0.2) is 70.5 Å². The predicted octanol–water partition coefficient (Wildman–Crippen LogP) is 1.72. The summed E-state index contributed by atoms with van der Waals surface area (Å²) in [6.45, 7) is 0.371. The van der Waals surface area contributed by atoms with Crippen LogP contribution in [0, 0.1) is 5.82 Å². The van der Waals surface area contributed by atoms with Crippen molar-refractivity contribution < 1.29 is 22.3 Å². The molecule has 8 nitrogen and oxygen atoms in total. The molecule has 2 aromatic carbocycles. The number of pyridine rings is 1. The van der Waals surface area contributed by atoms with Crippen LogP contribution in [0.1, 0.15) is 21.6 Å². The van der Waals surface area contributed by atoms with Crippen LogP contribution in [-0.4, -0.2) is 25.4 Å². The van der Waals surface area contributed by atoms with E-state index in [0.717, 1.165) is 5.56 Å². The zero-order chi connectivity index (χ0) is 23.3. The molecule has 3 N–H and O–H groups in total. The maximum atomic E-state index is 13.0. The summed E-state index contributed by atoms with van der Waals surface area (Å²) in [5, 5.41) is 7.79. The Morgan fingerprint density at radius 3 is 2.34 bits per heavy atom. The van der Waals surface area contributed by atoms with Crippen molar-refractivity contribution in [3.63, 3.8) is 0 Å². The molecule has 1 aromatic heterocycles. The SMILES string of the molecule is Cn1cc(OCc2ccc(F)cc2)c(=O)cc1C(=O)NCCc1ccc(S(N)(=O)=O)cc1. The number of sulfonamides is 1. The van der Waals surface area contributed by atoms with E-state index in [1.165, 1.54) is 41.1 Å². The number of primary sulfonamides is 1. The van der Waals surface area contributed by atoms with Gasteiger partial charge in [-0.1, -0.05) is 24.3 Å². The van der Waals surface area contributed by atoms with E-state index in [0.29, 0.717) is 12.0 Å². The first-order valence-electron chi connectivity index (χ1n) is 9.61. The average Bonchev–Trinajstić information content (AvgIpc) is 2.75. The molecule has 0 fully saturated rings. The lowest BCUT2D eigenvalue weighted by molar-refractivity contribution is 0.0945. The minimum absolute atomic E-state index is 0.0158. The fourth-order valence-corrected chi connectivity index (χ4v) is 3.45. The molecular formula is C22H22FN3O5S. The molecule has 3 rings (SSSR count). The number of ether oxygens (including phenoxy) is 1. The number of halogens is 1. The van der Waals surface area contributed by atoms with E-state index < -0.39 is 21.4 Å². The summed E-state index contributed by atoms with van der Waals surface area (Å²) in [5.74, 6) is -0.722. The lowest BCUT2D eigenvalue weighted by atomic mass is 10.1. The van der Waals surface area contributed by atoms with Gasteiger partial charge < -0.3 is 14.6 Å². The molecule has 10 heteroatoms. The number of rotatable bonds is 8. The van der Waals surface area contributed by atoms with Gasteiger partial charge in [0.25, 0.3) is 5.91 Å². The monoisotopic (exact) mass is 459 g/mol. The third-order valence-corrected chi connectivity index (χ3v) is 5.62. The van der Waals surface area contributed by atoms with Gasteiger partial charge in [0.15, 0.2) is 5.75 Å². The number of aromatic nitrogens is 1. The van der Waals surface area contributed by atoms with Crippen LogP contribution in [0.25, 0.3) is 0 Å². The number of hydrogen-bond donors (Lipinski definition) is 2.